The molecule has 0 saturated carbocycles. The van der Waals surface area contributed by atoms with Crippen LogP contribution >= 0.6 is 11.6 Å². The summed E-state index contributed by atoms with van der Waals surface area (Å²) in [6.45, 7) is 1.35. The van der Waals surface area contributed by atoms with Gasteiger partial charge >= 0.3 is 5.97 Å². The zero-order valence-electron chi connectivity index (χ0n) is 12.5. The molecule has 0 bridgehead atoms. The van der Waals surface area contributed by atoms with Crippen LogP contribution in [0.15, 0.2) is 30.4 Å². The fourth-order valence-corrected chi connectivity index (χ4v) is 2.67. The molecule has 0 spiro atoms. The quantitative estimate of drug-likeness (QED) is 0.737. The van der Waals surface area contributed by atoms with E-state index in [0.29, 0.717) is 29.2 Å². The molecule has 1 aromatic carbocycles. The van der Waals surface area contributed by atoms with Crippen molar-refractivity contribution < 1.29 is 19.5 Å². The molecule has 0 aromatic heterocycles. The smallest absolute Gasteiger partial charge is 0.307 e. The summed E-state index contributed by atoms with van der Waals surface area (Å²) in [5, 5.41) is 14.8. The minimum absolute atomic E-state index is 0.279. The maximum absolute atomic E-state index is 12.4. The van der Waals surface area contributed by atoms with Crippen molar-refractivity contribution in [2.45, 2.75) is 19.8 Å². The van der Waals surface area contributed by atoms with Gasteiger partial charge in [0.15, 0.2) is 0 Å². The number of carbonyl (C=O) groups is 3. The van der Waals surface area contributed by atoms with E-state index in [0.717, 1.165) is 0 Å². The summed E-state index contributed by atoms with van der Waals surface area (Å²) in [5.41, 5.74) is 0.831. The highest BCUT2D eigenvalue weighted by atomic mass is 35.5. The monoisotopic (exact) mass is 336 g/mol. The average molecular weight is 337 g/mol. The Morgan fingerprint density at radius 3 is 2.39 bits per heavy atom. The molecule has 3 N–H and O–H groups in total. The number of hydrogen-bond acceptors (Lipinski definition) is 3. The molecule has 1 aromatic rings. The van der Waals surface area contributed by atoms with E-state index >= 15 is 0 Å². The molecule has 0 saturated heterocycles. The van der Waals surface area contributed by atoms with Crippen molar-refractivity contribution in [3.8, 4) is 0 Å². The number of anilines is 2. The van der Waals surface area contributed by atoms with Crippen LogP contribution in [0.1, 0.15) is 19.8 Å². The number of aliphatic carboxylic acids is 1. The van der Waals surface area contributed by atoms with E-state index in [1.807, 2.05) is 6.08 Å². The number of halogens is 1. The van der Waals surface area contributed by atoms with Crippen LogP contribution in [0, 0.1) is 11.8 Å². The van der Waals surface area contributed by atoms with E-state index in [-0.39, 0.29) is 11.8 Å². The van der Waals surface area contributed by atoms with Crippen molar-refractivity contribution in [1.82, 2.24) is 0 Å². The molecule has 2 rings (SSSR count). The SMILES string of the molecule is CC(=O)Nc1cc(NC(=O)[C@@H]2CC=CC[C@@H]2C(=O)O)ccc1Cl. The van der Waals surface area contributed by atoms with Crippen LogP contribution in [0.5, 0.6) is 0 Å². The number of rotatable bonds is 4. The van der Waals surface area contributed by atoms with Gasteiger partial charge < -0.3 is 15.7 Å². The average Bonchev–Trinajstić information content (AvgIpc) is 2.50. The Kier molecular flexibility index (Phi) is 5.39. The lowest BCUT2D eigenvalue weighted by atomic mass is 9.82. The van der Waals surface area contributed by atoms with Gasteiger partial charge in [-0.3, -0.25) is 14.4 Å². The highest BCUT2D eigenvalue weighted by molar-refractivity contribution is 6.33. The van der Waals surface area contributed by atoms with Gasteiger partial charge in [0.2, 0.25) is 11.8 Å². The van der Waals surface area contributed by atoms with Crippen LogP contribution < -0.4 is 10.6 Å². The van der Waals surface area contributed by atoms with Crippen molar-refractivity contribution in [3.63, 3.8) is 0 Å². The third-order valence-electron chi connectivity index (χ3n) is 3.63. The van der Waals surface area contributed by atoms with Crippen LogP contribution in [-0.4, -0.2) is 22.9 Å². The Morgan fingerprint density at radius 2 is 1.78 bits per heavy atom. The predicted molar refractivity (Wildman–Crippen MR) is 87.4 cm³/mol. The Hall–Kier alpha value is -2.34. The van der Waals surface area contributed by atoms with E-state index < -0.39 is 17.8 Å². The lowest BCUT2D eigenvalue weighted by Crippen LogP contribution is -2.34. The molecule has 122 valence electrons. The molecule has 0 aliphatic heterocycles. The molecule has 0 radical (unpaired) electrons. The van der Waals surface area contributed by atoms with Crippen LogP contribution in [0.3, 0.4) is 0 Å². The molecule has 1 aliphatic carbocycles. The van der Waals surface area contributed by atoms with Crippen molar-refractivity contribution in [1.29, 1.82) is 0 Å². The minimum atomic E-state index is -0.982. The van der Waals surface area contributed by atoms with E-state index in [9.17, 15) is 19.5 Å². The number of allylic oxidation sites excluding steroid dienone is 2. The van der Waals surface area contributed by atoms with Gasteiger partial charge in [-0.05, 0) is 31.0 Å². The summed E-state index contributed by atoms with van der Waals surface area (Å²) in [4.78, 5) is 34.8. The topological polar surface area (TPSA) is 95.5 Å². The summed E-state index contributed by atoms with van der Waals surface area (Å²) in [6, 6.07) is 4.69. The summed E-state index contributed by atoms with van der Waals surface area (Å²) >= 11 is 5.98. The van der Waals surface area contributed by atoms with Crippen LogP contribution in [0.2, 0.25) is 5.02 Å². The number of amides is 2. The summed E-state index contributed by atoms with van der Waals surface area (Å²) in [6.07, 6.45) is 4.31. The molecular weight excluding hydrogens is 320 g/mol. The zero-order chi connectivity index (χ0) is 17.0. The van der Waals surface area contributed by atoms with Gasteiger partial charge in [0.05, 0.1) is 22.5 Å². The third kappa shape index (κ3) is 4.32. The molecule has 0 heterocycles. The largest absolute Gasteiger partial charge is 0.481 e. The first-order chi connectivity index (χ1) is 10.9. The van der Waals surface area contributed by atoms with Gasteiger partial charge in [0, 0.05) is 12.6 Å². The van der Waals surface area contributed by atoms with Crippen LogP contribution in [0.4, 0.5) is 11.4 Å². The van der Waals surface area contributed by atoms with Gasteiger partial charge in [-0.15, -0.1) is 0 Å². The Balaban J connectivity index is 2.15. The fourth-order valence-electron chi connectivity index (χ4n) is 2.50. The standard InChI is InChI=1S/C16H17ClN2O4/c1-9(20)18-14-8-10(6-7-13(14)17)19-15(21)11-4-2-3-5-12(11)16(22)23/h2-3,6-8,11-12H,4-5H2,1H3,(H,18,20)(H,19,21)(H,22,23)/t11-,12+/m1/s1. The second-order valence-corrected chi connectivity index (χ2v) is 5.77. The molecule has 7 heteroatoms. The molecule has 2 amide bonds. The lowest BCUT2D eigenvalue weighted by molar-refractivity contribution is -0.146. The summed E-state index contributed by atoms with van der Waals surface area (Å²) < 4.78 is 0. The minimum Gasteiger partial charge on any atom is -0.481 e. The molecule has 2 atom stereocenters. The molecule has 0 fully saturated rings. The normalized spacial score (nSPS) is 19.9. The highest BCUT2D eigenvalue weighted by Gasteiger charge is 2.33. The first-order valence-corrected chi connectivity index (χ1v) is 7.52. The molecular formula is C16H17ClN2O4. The van der Waals surface area contributed by atoms with E-state index in [4.69, 9.17) is 11.6 Å². The molecule has 6 nitrogen and oxygen atoms in total. The van der Waals surface area contributed by atoms with Crippen LogP contribution in [0.25, 0.3) is 0 Å². The summed E-state index contributed by atoms with van der Waals surface area (Å²) in [7, 11) is 0. The van der Waals surface area contributed by atoms with E-state index in [1.165, 1.54) is 13.0 Å². The number of nitrogens with one attached hydrogen (secondary N) is 2. The number of benzene rings is 1. The van der Waals surface area contributed by atoms with Gasteiger partial charge in [-0.25, -0.2) is 0 Å². The van der Waals surface area contributed by atoms with Gasteiger partial charge in [-0.2, -0.15) is 0 Å². The van der Waals surface area contributed by atoms with Crippen molar-refractivity contribution in [3.05, 3.63) is 35.4 Å². The Labute approximate surface area is 138 Å². The number of hydrogen-bond donors (Lipinski definition) is 3. The van der Waals surface area contributed by atoms with Crippen molar-refractivity contribution in [2.75, 3.05) is 10.6 Å². The highest BCUT2D eigenvalue weighted by Crippen LogP contribution is 2.29. The zero-order valence-corrected chi connectivity index (χ0v) is 13.3. The second-order valence-electron chi connectivity index (χ2n) is 5.36. The molecule has 1 aliphatic rings. The summed E-state index contributed by atoms with van der Waals surface area (Å²) in [5.74, 6) is -2.99. The Bertz CT molecular complexity index is 672. The predicted octanol–water partition coefficient (Wildman–Crippen LogP) is 2.90. The van der Waals surface area contributed by atoms with Crippen molar-refractivity contribution >= 4 is 40.8 Å². The van der Waals surface area contributed by atoms with E-state index in [2.05, 4.69) is 10.6 Å². The van der Waals surface area contributed by atoms with Gasteiger partial charge in [0.25, 0.3) is 0 Å². The number of carbonyl (C=O) groups excluding carboxylic acids is 2. The van der Waals surface area contributed by atoms with Crippen LogP contribution in [-0.2, 0) is 14.4 Å². The first kappa shape index (κ1) is 17.0. The van der Waals surface area contributed by atoms with E-state index in [1.54, 1.807) is 18.2 Å². The molecule has 0 unspecified atom stereocenters. The lowest BCUT2D eigenvalue weighted by Gasteiger charge is -2.24. The number of carboxylic acid groups (broad SMARTS) is 1. The maximum atomic E-state index is 12.4. The fraction of sp³-hybridized carbons (Fsp3) is 0.312. The first-order valence-electron chi connectivity index (χ1n) is 7.14. The third-order valence-corrected chi connectivity index (χ3v) is 3.96. The van der Waals surface area contributed by atoms with Crippen molar-refractivity contribution in [2.24, 2.45) is 11.8 Å². The molecule has 23 heavy (non-hydrogen) atoms. The second kappa shape index (κ2) is 7.28. The number of carboxylic acids is 1. The Morgan fingerprint density at radius 1 is 1.13 bits per heavy atom. The van der Waals surface area contributed by atoms with Gasteiger partial charge in [-0.1, -0.05) is 23.8 Å². The van der Waals surface area contributed by atoms with Gasteiger partial charge in [0.1, 0.15) is 0 Å². The maximum Gasteiger partial charge on any atom is 0.307 e.